The molecule has 3 heteroatoms. The van der Waals surface area contributed by atoms with Gasteiger partial charge in [-0.25, -0.2) is 4.79 Å². The van der Waals surface area contributed by atoms with Gasteiger partial charge in [-0.2, -0.15) is 0 Å². The van der Waals surface area contributed by atoms with Crippen molar-refractivity contribution in [1.29, 1.82) is 0 Å². The number of hydrogen-bond acceptors (Lipinski definition) is 2. The van der Waals surface area contributed by atoms with Gasteiger partial charge in [0.1, 0.15) is 0 Å². The van der Waals surface area contributed by atoms with E-state index in [2.05, 4.69) is 60.7 Å². The maximum absolute atomic E-state index is 12.3. The van der Waals surface area contributed by atoms with Crippen molar-refractivity contribution in [1.82, 2.24) is 0 Å². The average molecular weight is 396 g/mol. The summed E-state index contributed by atoms with van der Waals surface area (Å²) in [6.45, 7) is 0. The van der Waals surface area contributed by atoms with Crippen LogP contribution in [0.3, 0.4) is 0 Å². The third kappa shape index (κ3) is 4.13. The molecule has 0 aromatic heterocycles. The van der Waals surface area contributed by atoms with Crippen LogP contribution in [0.4, 0.5) is 0 Å². The van der Waals surface area contributed by atoms with E-state index in [0.717, 1.165) is 16.4 Å². The van der Waals surface area contributed by atoms with E-state index in [4.69, 9.17) is 4.74 Å². The topological polar surface area (TPSA) is 26.3 Å². The van der Waals surface area contributed by atoms with E-state index < -0.39 is 7.92 Å². The number of carbonyl (C=O) groups is 1. The summed E-state index contributed by atoms with van der Waals surface area (Å²) in [5.41, 5.74) is 2.84. The van der Waals surface area contributed by atoms with Crippen LogP contribution in [0.1, 0.15) is 10.4 Å². The van der Waals surface area contributed by atoms with Crippen LogP contribution in [0.5, 0.6) is 0 Å². The van der Waals surface area contributed by atoms with E-state index in [1.165, 1.54) is 17.7 Å². The number of methoxy groups -OCH3 is 1. The van der Waals surface area contributed by atoms with Gasteiger partial charge in [-0.15, -0.1) is 0 Å². The normalized spacial score (nSPS) is 10.7. The first-order valence-electron chi connectivity index (χ1n) is 9.46. The Balaban J connectivity index is 1.98. The molecule has 4 rings (SSSR count). The predicted octanol–water partition coefficient (Wildman–Crippen LogP) is 4.90. The highest BCUT2D eigenvalue weighted by Gasteiger charge is 2.22. The van der Waals surface area contributed by atoms with Crippen LogP contribution in [-0.4, -0.2) is 13.1 Å². The summed E-state index contributed by atoms with van der Waals surface area (Å²) >= 11 is 0. The van der Waals surface area contributed by atoms with Gasteiger partial charge >= 0.3 is 5.97 Å². The van der Waals surface area contributed by atoms with Crippen molar-refractivity contribution in [2.45, 2.75) is 0 Å². The fourth-order valence-electron chi connectivity index (χ4n) is 3.40. The number of hydrogen-bond donors (Lipinski definition) is 0. The summed E-state index contributed by atoms with van der Waals surface area (Å²) in [6.07, 6.45) is 0. The molecule has 29 heavy (non-hydrogen) atoms. The highest BCUT2D eigenvalue weighted by molar-refractivity contribution is 7.80. The number of ether oxygens (including phenoxy) is 1. The van der Waals surface area contributed by atoms with Gasteiger partial charge in [0.2, 0.25) is 0 Å². The molecule has 0 N–H and O–H groups in total. The van der Waals surface area contributed by atoms with Crippen LogP contribution >= 0.6 is 7.92 Å². The lowest BCUT2D eigenvalue weighted by Crippen LogP contribution is -2.23. The molecule has 0 heterocycles. The highest BCUT2D eigenvalue weighted by atomic mass is 31.1. The molecule has 0 aliphatic heterocycles. The van der Waals surface area contributed by atoms with Crippen molar-refractivity contribution in [3.8, 4) is 11.1 Å². The smallest absolute Gasteiger partial charge is 0.337 e. The quantitative estimate of drug-likeness (QED) is 0.354. The van der Waals surface area contributed by atoms with E-state index in [1.54, 1.807) is 0 Å². The molecule has 2 nitrogen and oxygen atoms in total. The van der Waals surface area contributed by atoms with Crippen molar-refractivity contribution in [3.63, 3.8) is 0 Å². The SMILES string of the molecule is COC(=O)c1ccc(-c2ccccc2)c(P(c2ccccc2)c2ccccc2)c1. The van der Waals surface area contributed by atoms with Gasteiger partial charge in [0.05, 0.1) is 12.7 Å². The first-order valence-corrected chi connectivity index (χ1v) is 10.8. The van der Waals surface area contributed by atoms with Gasteiger partial charge in [-0.05, 0) is 47.1 Å². The number of benzene rings is 4. The Bertz CT molecular complexity index is 1050. The Morgan fingerprint density at radius 2 is 1.21 bits per heavy atom. The summed E-state index contributed by atoms with van der Waals surface area (Å²) in [4.78, 5) is 12.3. The lowest BCUT2D eigenvalue weighted by atomic mass is 10.0. The van der Waals surface area contributed by atoms with Crippen LogP contribution in [0.15, 0.2) is 109 Å². The number of rotatable bonds is 5. The zero-order valence-electron chi connectivity index (χ0n) is 16.2. The Morgan fingerprint density at radius 3 is 1.72 bits per heavy atom. The number of esters is 1. The van der Waals surface area contributed by atoms with Gasteiger partial charge in [-0.1, -0.05) is 97.1 Å². The standard InChI is InChI=1S/C26H21O2P/c1-28-26(27)21-17-18-24(20-11-5-2-6-12-20)25(19-21)29(22-13-7-3-8-14-22)23-15-9-4-10-16-23/h2-19H,1H3. The molecule has 0 bridgehead atoms. The monoisotopic (exact) mass is 396 g/mol. The zero-order valence-corrected chi connectivity index (χ0v) is 17.1. The van der Waals surface area contributed by atoms with Crippen molar-refractivity contribution < 1.29 is 9.53 Å². The minimum atomic E-state index is -0.844. The van der Waals surface area contributed by atoms with Gasteiger partial charge in [0.25, 0.3) is 0 Å². The van der Waals surface area contributed by atoms with E-state index in [-0.39, 0.29) is 5.97 Å². The first-order chi connectivity index (χ1) is 14.3. The van der Waals surface area contributed by atoms with Crippen molar-refractivity contribution >= 4 is 29.8 Å². The third-order valence-corrected chi connectivity index (χ3v) is 7.25. The molecule has 0 spiro atoms. The van der Waals surface area contributed by atoms with Crippen LogP contribution < -0.4 is 15.9 Å². The summed E-state index contributed by atoms with van der Waals surface area (Å²) in [5, 5.41) is 3.63. The maximum atomic E-state index is 12.3. The molecule has 0 fully saturated rings. The minimum absolute atomic E-state index is 0.318. The molecule has 0 unspecified atom stereocenters. The third-order valence-electron chi connectivity index (χ3n) is 4.77. The fourth-order valence-corrected chi connectivity index (χ4v) is 5.91. The Kier molecular flexibility index (Phi) is 5.84. The highest BCUT2D eigenvalue weighted by Crippen LogP contribution is 2.37. The Hall–Kier alpha value is -3.22. The van der Waals surface area contributed by atoms with Crippen LogP contribution in [0.25, 0.3) is 11.1 Å². The molecule has 0 atom stereocenters. The van der Waals surface area contributed by atoms with Gasteiger partial charge in [-0.3, -0.25) is 0 Å². The van der Waals surface area contributed by atoms with Gasteiger partial charge in [0.15, 0.2) is 0 Å². The van der Waals surface area contributed by atoms with Crippen LogP contribution in [-0.2, 0) is 4.74 Å². The van der Waals surface area contributed by atoms with Gasteiger partial charge < -0.3 is 4.74 Å². The Labute approximate surface area is 172 Å². The zero-order chi connectivity index (χ0) is 20.1. The molecule has 0 aliphatic rings. The summed E-state index contributed by atoms with van der Waals surface area (Å²) in [7, 11) is 0.577. The lowest BCUT2D eigenvalue weighted by molar-refractivity contribution is 0.0601. The average Bonchev–Trinajstić information content (AvgIpc) is 2.81. The summed E-state index contributed by atoms with van der Waals surface area (Å²) in [5.74, 6) is -0.318. The maximum Gasteiger partial charge on any atom is 0.337 e. The van der Waals surface area contributed by atoms with Crippen LogP contribution in [0, 0.1) is 0 Å². The second-order valence-corrected chi connectivity index (χ2v) is 8.78. The molecule has 0 amide bonds. The van der Waals surface area contributed by atoms with Gasteiger partial charge in [0, 0.05) is 0 Å². The number of carbonyl (C=O) groups excluding carboxylic acids is 1. The molecule has 142 valence electrons. The molecule has 0 aliphatic carbocycles. The second kappa shape index (κ2) is 8.86. The molecule has 0 radical (unpaired) electrons. The molecular formula is C26H21O2P. The minimum Gasteiger partial charge on any atom is -0.465 e. The van der Waals surface area contributed by atoms with Crippen molar-refractivity contribution in [2.24, 2.45) is 0 Å². The molecule has 4 aromatic rings. The molecule has 0 saturated heterocycles. The molecule has 4 aromatic carbocycles. The van der Waals surface area contributed by atoms with Crippen molar-refractivity contribution in [2.75, 3.05) is 7.11 Å². The van der Waals surface area contributed by atoms with E-state index in [0.29, 0.717) is 5.56 Å². The van der Waals surface area contributed by atoms with E-state index in [1.807, 2.05) is 48.5 Å². The second-order valence-electron chi connectivity index (χ2n) is 6.60. The predicted molar refractivity (Wildman–Crippen MR) is 122 cm³/mol. The van der Waals surface area contributed by atoms with Crippen molar-refractivity contribution in [3.05, 3.63) is 115 Å². The largest absolute Gasteiger partial charge is 0.465 e. The lowest BCUT2D eigenvalue weighted by Gasteiger charge is -2.23. The van der Waals surface area contributed by atoms with E-state index >= 15 is 0 Å². The molecule has 0 saturated carbocycles. The summed E-state index contributed by atoms with van der Waals surface area (Å²) in [6, 6.07) is 37.2. The van der Waals surface area contributed by atoms with E-state index in [9.17, 15) is 4.79 Å². The van der Waals surface area contributed by atoms with Crippen LogP contribution in [0.2, 0.25) is 0 Å². The fraction of sp³-hybridized carbons (Fsp3) is 0.0385. The molecular weight excluding hydrogens is 375 g/mol. The Morgan fingerprint density at radius 1 is 0.690 bits per heavy atom. The summed E-state index contributed by atoms with van der Waals surface area (Å²) < 4.78 is 5.00. The first kappa shape index (κ1) is 19.1.